The van der Waals surface area contributed by atoms with Crippen LogP contribution in [0.5, 0.6) is 0 Å². The van der Waals surface area contributed by atoms with Crippen LogP contribution < -0.4 is 16.6 Å². The monoisotopic (exact) mass is 419 g/mol. The predicted octanol–water partition coefficient (Wildman–Crippen LogP) is -0.549. The summed E-state index contributed by atoms with van der Waals surface area (Å²) in [4.78, 5) is 40.4. The van der Waals surface area contributed by atoms with Crippen LogP contribution >= 0.6 is 0 Å². The number of fused-ring (bicyclic) bond motifs is 1. The lowest BCUT2D eigenvalue weighted by atomic mass is 10.2. The first kappa shape index (κ1) is 20.5. The van der Waals surface area contributed by atoms with E-state index in [1.165, 1.54) is 25.7 Å². The number of hydrogen-bond donors (Lipinski definition) is 1. The Morgan fingerprint density at radius 2 is 1.69 bits per heavy atom. The van der Waals surface area contributed by atoms with E-state index < -0.39 is 32.7 Å². The number of benzene rings is 1. The highest BCUT2D eigenvalue weighted by Gasteiger charge is 2.26. The van der Waals surface area contributed by atoms with Gasteiger partial charge in [-0.1, -0.05) is 30.3 Å². The molecule has 0 bridgehead atoms. The molecule has 0 radical (unpaired) electrons. The number of nitrogens with zero attached hydrogens (tertiary/aromatic N) is 4. The first-order valence-corrected chi connectivity index (χ1v) is 10.4. The molecule has 1 N–H and O–H groups in total. The average Bonchev–Trinajstić information content (AvgIpc) is 3.06. The molecule has 2 aromatic heterocycles. The Morgan fingerprint density at radius 1 is 1.03 bits per heavy atom. The van der Waals surface area contributed by atoms with E-state index in [-0.39, 0.29) is 22.7 Å². The lowest BCUT2D eigenvalue weighted by Crippen LogP contribution is -2.37. The molecule has 29 heavy (non-hydrogen) atoms. The number of amides is 1. The van der Waals surface area contributed by atoms with Gasteiger partial charge in [-0.2, -0.15) is 0 Å². The van der Waals surface area contributed by atoms with E-state index >= 15 is 0 Å². The zero-order chi connectivity index (χ0) is 21.3. The number of aryl methyl sites for hydroxylation is 2. The Hall–Kier alpha value is -3.21. The molecule has 0 aliphatic carbocycles. The Balaban J connectivity index is 1.82. The number of aromatic nitrogens is 4. The number of imidazole rings is 1. The van der Waals surface area contributed by atoms with Gasteiger partial charge in [-0.25, -0.2) is 18.2 Å². The molecule has 0 saturated heterocycles. The minimum Gasteiger partial charge on any atom is -0.352 e. The molecule has 0 fully saturated rings. The van der Waals surface area contributed by atoms with Gasteiger partial charge in [-0.3, -0.25) is 18.7 Å². The molecule has 1 aromatic carbocycles. The molecule has 1 amide bonds. The van der Waals surface area contributed by atoms with Crippen LogP contribution in [0.3, 0.4) is 0 Å². The second kappa shape index (κ2) is 7.66. The van der Waals surface area contributed by atoms with Gasteiger partial charge in [0.1, 0.15) is 0 Å². The first-order valence-electron chi connectivity index (χ1n) is 8.79. The standard InChI is InChI=1S/C18H21N5O5S/c1-21-15-14(16(25)23(3)18(26)22(15)2)20-17(21)29(27,28)10-9-13(24)19-11-12-7-5-4-6-8-12/h4-8H,9-11H2,1-3H3,(H,19,24). The first-order chi connectivity index (χ1) is 13.6. The Bertz CT molecular complexity index is 1300. The van der Waals surface area contributed by atoms with E-state index in [2.05, 4.69) is 10.3 Å². The summed E-state index contributed by atoms with van der Waals surface area (Å²) in [6.45, 7) is 0.296. The molecule has 2 heterocycles. The van der Waals surface area contributed by atoms with Crippen LogP contribution in [0.2, 0.25) is 0 Å². The maximum Gasteiger partial charge on any atom is 0.332 e. The molecule has 0 saturated carbocycles. The van der Waals surface area contributed by atoms with Gasteiger partial charge in [0.2, 0.25) is 20.9 Å². The Labute approximate surface area is 166 Å². The van der Waals surface area contributed by atoms with Crippen molar-refractivity contribution in [3.8, 4) is 0 Å². The van der Waals surface area contributed by atoms with Crippen molar-refractivity contribution in [3.63, 3.8) is 0 Å². The van der Waals surface area contributed by atoms with Gasteiger partial charge in [-0.05, 0) is 5.56 Å². The van der Waals surface area contributed by atoms with Crippen LogP contribution in [0, 0.1) is 0 Å². The van der Waals surface area contributed by atoms with Gasteiger partial charge >= 0.3 is 5.69 Å². The summed E-state index contributed by atoms with van der Waals surface area (Å²) in [5.41, 5.74) is -0.388. The fourth-order valence-corrected chi connectivity index (χ4v) is 4.41. The minimum atomic E-state index is -3.96. The van der Waals surface area contributed by atoms with Crippen molar-refractivity contribution in [2.75, 3.05) is 5.75 Å². The second-order valence-electron chi connectivity index (χ2n) is 6.66. The summed E-state index contributed by atoms with van der Waals surface area (Å²) in [5.74, 6) is -0.890. The molecule has 11 heteroatoms. The SMILES string of the molecule is Cn1c(=O)c2nc(S(=O)(=O)CCC(=O)NCc3ccccc3)n(C)c2n(C)c1=O. The van der Waals surface area contributed by atoms with Crippen molar-refractivity contribution in [1.82, 2.24) is 24.0 Å². The number of nitrogens with one attached hydrogen (secondary N) is 1. The fraction of sp³-hybridized carbons (Fsp3) is 0.333. The number of sulfone groups is 1. The largest absolute Gasteiger partial charge is 0.352 e. The minimum absolute atomic E-state index is 0.102. The van der Waals surface area contributed by atoms with Crippen molar-refractivity contribution in [3.05, 3.63) is 56.7 Å². The van der Waals surface area contributed by atoms with Gasteiger partial charge in [0.25, 0.3) is 5.56 Å². The van der Waals surface area contributed by atoms with Crippen molar-refractivity contribution in [1.29, 1.82) is 0 Å². The summed E-state index contributed by atoms with van der Waals surface area (Å²) in [6.07, 6.45) is -0.255. The smallest absolute Gasteiger partial charge is 0.332 e. The van der Waals surface area contributed by atoms with Gasteiger partial charge in [0.05, 0.1) is 5.75 Å². The molecule has 0 aliphatic rings. The van der Waals surface area contributed by atoms with Crippen LogP contribution in [-0.2, 0) is 42.3 Å². The summed E-state index contributed by atoms with van der Waals surface area (Å²) >= 11 is 0. The maximum absolute atomic E-state index is 12.7. The number of carbonyl (C=O) groups excluding carboxylic acids is 1. The van der Waals surface area contributed by atoms with Gasteiger partial charge in [0, 0.05) is 34.1 Å². The maximum atomic E-state index is 12.7. The van der Waals surface area contributed by atoms with Crippen LogP contribution in [-0.4, -0.2) is 38.8 Å². The van der Waals surface area contributed by atoms with Crippen molar-refractivity contribution < 1.29 is 13.2 Å². The van der Waals surface area contributed by atoms with E-state index in [9.17, 15) is 22.8 Å². The van der Waals surface area contributed by atoms with E-state index in [0.29, 0.717) is 6.54 Å². The Morgan fingerprint density at radius 3 is 2.34 bits per heavy atom. The quantitative estimate of drug-likeness (QED) is 0.572. The van der Waals surface area contributed by atoms with Crippen LogP contribution in [0.25, 0.3) is 11.2 Å². The second-order valence-corrected chi connectivity index (χ2v) is 8.67. The molecular formula is C18H21N5O5S. The van der Waals surface area contributed by atoms with Crippen molar-refractivity contribution in [2.45, 2.75) is 18.1 Å². The zero-order valence-corrected chi connectivity index (χ0v) is 17.1. The molecule has 154 valence electrons. The van der Waals surface area contributed by atoms with Crippen LogP contribution in [0.15, 0.2) is 45.1 Å². The highest BCUT2D eigenvalue weighted by atomic mass is 32.2. The van der Waals surface area contributed by atoms with E-state index in [1.807, 2.05) is 30.3 Å². The third-order valence-corrected chi connectivity index (χ3v) is 6.29. The van der Waals surface area contributed by atoms with E-state index in [1.54, 1.807) is 0 Å². The number of carbonyl (C=O) groups is 1. The topological polar surface area (TPSA) is 125 Å². The van der Waals surface area contributed by atoms with Crippen LogP contribution in [0.4, 0.5) is 0 Å². The van der Waals surface area contributed by atoms with E-state index in [4.69, 9.17) is 0 Å². The number of rotatable bonds is 6. The third kappa shape index (κ3) is 3.86. The summed E-state index contributed by atoms with van der Waals surface area (Å²) in [6, 6.07) is 9.24. The summed E-state index contributed by atoms with van der Waals surface area (Å²) in [5, 5.41) is 2.31. The molecule has 0 spiro atoms. The van der Waals surface area contributed by atoms with Crippen molar-refractivity contribution >= 4 is 26.9 Å². The van der Waals surface area contributed by atoms with E-state index in [0.717, 1.165) is 14.7 Å². The molecule has 0 aliphatic heterocycles. The van der Waals surface area contributed by atoms with Gasteiger partial charge < -0.3 is 9.88 Å². The molecule has 10 nitrogen and oxygen atoms in total. The lowest BCUT2D eigenvalue weighted by molar-refractivity contribution is -0.120. The normalized spacial score (nSPS) is 11.7. The molecule has 3 aromatic rings. The lowest BCUT2D eigenvalue weighted by Gasteiger charge is -2.07. The third-order valence-electron chi connectivity index (χ3n) is 4.63. The fourth-order valence-electron chi connectivity index (χ4n) is 3.04. The highest BCUT2D eigenvalue weighted by molar-refractivity contribution is 7.91. The molecule has 3 rings (SSSR count). The molecule has 0 unspecified atom stereocenters. The molecular weight excluding hydrogens is 398 g/mol. The van der Waals surface area contributed by atoms with Gasteiger partial charge in [-0.15, -0.1) is 0 Å². The Kier molecular flexibility index (Phi) is 5.42. The predicted molar refractivity (Wildman–Crippen MR) is 106 cm³/mol. The van der Waals surface area contributed by atoms with Crippen LogP contribution in [0.1, 0.15) is 12.0 Å². The molecule has 0 atom stereocenters. The average molecular weight is 419 g/mol. The summed E-state index contributed by atoms with van der Waals surface area (Å²) < 4.78 is 28.7. The zero-order valence-electron chi connectivity index (χ0n) is 16.2. The summed E-state index contributed by atoms with van der Waals surface area (Å²) in [7, 11) is 0.176. The highest BCUT2D eigenvalue weighted by Crippen LogP contribution is 2.16. The van der Waals surface area contributed by atoms with Gasteiger partial charge in [0.15, 0.2) is 11.2 Å². The van der Waals surface area contributed by atoms with Crippen molar-refractivity contribution in [2.24, 2.45) is 21.1 Å². The number of hydrogen-bond acceptors (Lipinski definition) is 6.